The highest BCUT2D eigenvalue weighted by Gasteiger charge is 2.27. The standard InChI is InChI=1S/C59H109N2O6P/c1-6-8-10-12-14-16-18-20-22-24-26-28-29-30-31-33-35-37-39-41-43-45-47-49-51-53-59(63)60-57(56-67-68(64,65)66-55-54-61(3,4)5)58(62)52-50-48-46-44-42-40-38-36-34-32-27-25-23-21-19-17-15-13-11-9-7-2/h18,20,24,26,29-30,34,36,42,44,50,52,57-58,62H,6-17,19,21-23,25,27-28,31-33,35,37-41,43,45-49,51,53-56H2,1-5H3,(H-,60,63,64,65)/p+1/b20-18-,26-24-,30-29-,36-34+,44-42+,52-50+. The first-order valence-corrected chi connectivity index (χ1v) is 29.8. The van der Waals surface area contributed by atoms with Gasteiger partial charge in [0.2, 0.25) is 5.91 Å². The number of allylic oxidation sites excluding steroid dienone is 11. The van der Waals surface area contributed by atoms with Gasteiger partial charge in [-0.05, 0) is 83.5 Å². The Morgan fingerprint density at radius 1 is 0.500 bits per heavy atom. The first-order chi connectivity index (χ1) is 33.0. The molecule has 0 rings (SSSR count). The fourth-order valence-electron chi connectivity index (χ4n) is 7.90. The maximum Gasteiger partial charge on any atom is 0.472 e. The Labute approximate surface area is 421 Å². The van der Waals surface area contributed by atoms with Crippen LogP contribution in [0.2, 0.25) is 0 Å². The Kier molecular flexibility index (Phi) is 48.4. The predicted octanol–water partition coefficient (Wildman–Crippen LogP) is 17.1. The molecule has 0 aromatic heterocycles. The van der Waals surface area contributed by atoms with Crippen molar-refractivity contribution in [3.8, 4) is 0 Å². The summed E-state index contributed by atoms with van der Waals surface area (Å²) >= 11 is 0. The number of carbonyl (C=O) groups is 1. The number of aliphatic hydroxyl groups excluding tert-OH is 1. The SMILES string of the molecule is CCCCCCC/C=C\C/C=C\C/C=C\CCCCCCCCCCCCC(=O)NC(COP(=O)(O)OCC[N+](C)(C)C)C(O)/C=C/CC/C=C/CC/C=C/CCCCCCCCCCCCC. The smallest absolute Gasteiger partial charge is 0.387 e. The van der Waals surface area contributed by atoms with Crippen LogP contribution in [0.5, 0.6) is 0 Å². The van der Waals surface area contributed by atoms with Crippen LogP contribution in [-0.2, 0) is 18.4 Å². The molecule has 0 aromatic carbocycles. The fraction of sp³-hybridized carbons (Fsp3) is 0.780. The van der Waals surface area contributed by atoms with Gasteiger partial charge in [-0.1, -0.05) is 228 Å². The second-order valence-corrected chi connectivity index (χ2v) is 21.7. The van der Waals surface area contributed by atoms with E-state index in [2.05, 4.69) is 79.9 Å². The van der Waals surface area contributed by atoms with Gasteiger partial charge in [-0.3, -0.25) is 13.8 Å². The van der Waals surface area contributed by atoms with Crippen LogP contribution in [0.4, 0.5) is 0 Å². The number of aliphatic hydroxyl groups is 1. The van der Waals surface area contributed by atoms with E-state index < -0.39 is 20.0 Å². The number of hydrogen-bond acceptors (Lipinski definition) is 5. The topological polar surface area (TPSA) is 105 Å². The summed E-state index contributed by atoms with van der Waals surface area (Å²) in [4.78, 5) is 23.3. The van der Waals surface area contributed by atoms with Crippen molar-refractivity contribution in [3.05, 3.63) is 72.9 Å². The first-order valence-electron chi connectivity index (χ1n) is 28.3. The quantitative estimate of drug-likeness (QED) is 0.0243. The lowest BCUT2D eigenvalue weighted by Crippen LogP contribution is -2.45. The number of phosphoric ester groups is 1. The molecule has 0 bridgehead atoms. The van der Waals surface area contributed by atoms with E-state index in [0.29, 0.717) is 17.4 Å². The Morgan fingerprint density at radius 3 is 1.28 bits per heavy atom. The summed E-state index contributed by atoms with van der Waals surface area (Å²) < 4.78 is 23.7. The van der Waals surface area contributed by atoms with E-state index in [9.17, 15) is 19.4 Å². The highest BCUT2D eigenvalue weighted by Crippen LogP contribution is 2.43. The number of nitrogens with zero attached hydrogens (tertiary/aromatic N) is 1. The minimum atomic E-state index is -4.36. The lowest BCUT2D eigenvalue weighted by atomic mass is 10.0. The van der Waals surface area contributed by atoms with E-state index in [0.717, 1.165) is 57.8 Å². The summed E-state index contributed by atoms with van der Waals surface area (Å²) in [7, 11) is 1.54. The van der Waals surface area contributed by atoms with Gasteiger partial charge < -0.3 is 19.8 Å². The number of nitrogens with one attached hydrogen (secondary N) is 1. The Balaban J connectivity index is 4.32. The summed E-state index contributed by atoms with van der Waals surface area (Å²) in [6.07, 6.45) is 68.5. The van der Waals surface area contributed by atoms with Crippen molar-refractivity contribution in [2.75, 3.05) is 40.9 Å². The van der Waals surface area contributed by atoms with Gasteiger partial charge in [0.05, 0.1) is 39.9 Å². The number of likely N-dealkylation sites (N-methyl/N-ethyl adjacent to an activating group) is 1. The number of amides is 1. The molecule has 0 heterocycles. The van der Waals surface area contributed by atoms with Crippen LogP contribution in [0.1, 0.15) is 245 Å². The zero-order valence-corrected chi connectivity index (χ0v) is 46.0. The second-order valence-electron chi connectivity index (χ2n) is 20.3. The van der Waals surface area contributed by atoms with Gasteiger partial charge in [0.15, 0.2) is 0 Å². The summed E-state index contributed by atoms with van der Waals surface area (Å²) in [6, 6.07) is -0.876. The van der Waals surface area contributed by atoms with E-state index in [1.54, 1.807) is 6.08 Å². The third kappa shape index (κ3) is 51.8. The highest BCUT2D eigenvalue weighted by molar-refractivity contribution is 7.47. The lowest BCUT2D eigenvalue weighted by Gasteiger charge is -2.25. The van der Waals surface area contributed by atoms with Crippen LogP contribution >= 0.6 is 7.82 Å². The molecule has 0 aromatic rings. The lowest BCUT2D eigenvalue weighted by molar-refractivity contribution is -0.870. The molecule has 3 N–H and O–H groups in total. The predicted molar refractivity (Wildman–Crippen MR) is 295 cm³/mol. The minimum Gasteiger partial charge on any atom is -0.387 e. The molecule has 0 spiro atoms. The number of quaternary nitrogens is 1. The molecule has 0 saturated carbocycles. The van der Waals surface area contributed by atoms with E-state index in [1.165, 1.54) is 167 Å². The third-order valence-corrected chi connectivity index (χ3v) is 13.4. The van der Waals surface area contributed by atoms with Crippen molar-refractivity contribution >= 4 is 13.7 Å². The van der Waals surface area contributed by atoms with Crippen LogP contribution in [0.25, 0.3) is 0 Å². The Morgan fingerprint density at radius 2 is 0.853 bits per heavy atom. The summed E-state index contributed by atoms with van der Waals surface area (Å²) in [5, 5.41) is 13.9. The van der Waals surface area contributed by atoms with Gasteiger partial charge in [-0.2, -0.15) is 0 Å². The van der Waals surface area contributed by atoms with Crippen LogP contribution < -0.4 is 5.32 Å². The number of unbranched alkanes of at least 4 members (excludes halogenated alkanes) is 28. The van der Waals surface area contributed by atoms with Crippen LogP contribution in [0.3, 0.4) is 0 Å². The van der Waals surface area contributed by atoms with Crippen LogP contribution in [0, 0.1) is 0 Å². The second kappa shape index (κ2) is 49.9. The maximum absolute atomic E-state index is 13.0. The van der Waals surface area contributed by atoms with Gasteiger partial charge >= 0.3 is 7.82 Å². The average Bonchev–Trinajstić information content (AvgIpc) is 3.30. The van der Waals surface area contributed by atoms with Crippen molar-refractivity contribution in [1.82, 2.24) is 5.32 Å². The van der Waals surface area contributed by atoms with E-state index >= 15 is 0 Å². The van der Waals surface area contributed by atoms with Crippen molar-refractivity contribution < 1.29 is 32.9 Å². The van der Waals surface area contributed by atoms with Gasteiger partial charge in [-0.15, -0.1) is 0 Å². The molecule has 1 amide bonds. The molecule has 9 heteroatoms. The Bertz CT molecular complexity index is 1330. The monoisotopic (exact) mass is 974 g/mol. The number of carbonyl (C=O) groups excluding carboxylic acids is 1. The molecule has 0 fully saturated rings. The van der Waals surface area contributed by atoms with Gasteiger partial charge in [-0.25, -0.2) is 4.57 Å². The molecule has 0 aliphatic heterocycles. The molecule has 396 valence electrons. The van der Waals surface area contributed by atoms with Crippen molar-refractivity contribution in [1.29, 1.82) is 0 Å². The van der Waals surface area contributed by atoms with E-state index in [-0.39, 0.29) is 19.1 Å². The number of rotatable bonds is 51. The highest BCUT2D eigenvalue weighted by atomic mass is 31.2. The van der Waals surface area contributed by atoms with E-state index in [1.807, 2.05) is 27.2 Å². The molecule has 3 atom stereocenters. The first kappa shape index (κ1) is 65.9. The molecule has 68 heavy (non-hydrogen) atoms. The molecule has 0 radical (unpaired) electrons. The molecule has 8 nitrogen and oxygen atoms in total. The van der Waals surface area contributed by atoms with Crippen molar-refractivity contribution in [2.24, 2.45) is 0 Å². The van der Waals surface area contributed by atoms with E-state index in [4.69, 9.17) is 9.05 Å². The Hall–Kier alpha value is -2.06. The van der Waals surface area contributed by atoms with Gasteiger partial charge in [0, 0.05) is 6.42 Å². The van der Waals surface area contributed by atoms with Crippen LogP contribution in [-0.4, -0.2) is 73.4 Å². The summed E-state index contributed by atoms with van der Waals surface area (Å²) in [6.45, 7) is 4.78. The number of hydrogen-bond donors (Lipinski definition) is 3. The zero-order chi connectivity index (χ0) is 49.9. The zero-order valence-electron chi connectivity index (χ0n) is 45.1. The molecule has 3 unspecified atom stereocenters. The third-order valence-electron chi connectivity index (χ3n) is 12.4. The molecular weight excluding hydrogens is 864 g/mol. The summed E-state index contributed by atoms with van der Waals surface area (Å²) in [5.41, 5.74) is 0. The largest absolute Gasteiger partial charge is 0.472 e. The maximum atomic E-state index is 13.0. The summed E-state index contributed by atoms with van der Waals surface area (Å²) in [5.74, 6) is -0.196. The molecular formula is C59H110N2O6P+. The minimum absolute atomic E-state index is 0.0500. The van der Waals surface area contributed by atoms with Gasteiger partial charge in [0.25, 0.3) is 0 Å². The van der Waals surface area contributed by atoms with Crippen molar-refractivity contribution in [3.63, 3.8) is 0 Å². The molecule has 0 aliphatic rings. The number of phosphoric acid groups is 1. The molecule has 0 aliphatic carbocycles. The van der Waals surface area contributed by atoms with Crippen LogP contribution in [0.15, 0.2) is 72.9 Å². The fourth-order valence-corrected chi connectivity index (χ4v) is 8.64. The normalized spacial score (nSPS) is 14.5. The van der Waals surface area contributed by atoms with Crippen molar-refractivity contribution in [2.45, 2.75) is 257 Å². The average molecular weight is 975 g/mol. The van der Waals surface area contributed by atoms with Gasteiger partial charge in [0.1, 0.15) is 13.2 Å². The molecule has 0 saturated heterocycles.